The third-order valence-electron chi connectivity index (χ3n) is 3.68. The summed E-state index contributed by atoms with van der Waals surface area (Å²) in [7, 11) is -3.16. The van der Waals surface area contributed by atoms with Crippen LogP contribution < -0.4 is 15.4 Å². The molecule has 7 heteroatoms. The number of fused-ring (bicyclic) bond motifs is 1. The van der Waals surface area contributed by atoms with Crippen LogP contribution in [0.15, 0.2) is 24.3 Å². The molecule has 2 rings (SSSR count). The van der Waals surface area contributed by atoms with E-state index in [-0.39, 0.29) is 12.1 Å². The minimum absolute atomic E-state index is 0.0547. The van der Waals surface area contributed by atoms with Crippen LogP contribution in [-0.2, 0) is 16.4 Å². The summed E-state index contributed by atoms with van der Waals surface area (Å²) in [4.78, 5) is 11.9. The lowest BCUT2D eigenvalue weighted by atomic mass is 9.88. The van der Waals surface area contributed by atoms with E-state index >= 15 is 0 Å². The summed E-state index contributed by atoms with van der Waals surface area (Å²) < 4.78 is 24.2. The highest BCUT2D eigenvalue weighted by Crippen LogP contribution is 2.29. The van der Waals surface area contributed by atoms with Crippen molar-refractivity contribution in [2.75, 3.05) is 19.3 Å². The van der Waals surface area contributed by atoms with Gasteiger partial charge in [0.2, 0.25) is 10.0 Å². The smallest absolute Gasteiger partial charge is 0.315 e. The van der Waals surface area contributed by atoms with E-state index < -0.39 is 10.0 Å². The van der Waals surface area contributed by atoms with Gasteiger partial charge in [-0.05, 0) is 36.8 Å². The highest BCUT2D eigenvalue weighted by Gasteiger charge is 2.20. The first kappa shape index (κ1) is 16.8. The second kappa shape index (κ2) is 7.60. The van der Waals surface area contributed by atoms with Crippen molar-refractivity contribution in [3.8, 4) is 0 Å². The maximum Gasteiger partial charge on any atom is 0.315 e. The number of aryl methyl sites for hydroxylation is 1. The van der Waals surface area contributed by atoms with E-state index in [0.717, 1.165) is 25.5 Å². The van der Waals surface area contributed by atoms with Crippen LogP contribution in [0.4, 0.5) is 4.79 Å². The first-order chi connectivity index (χ1) is 10.5. The van der Waals surface area contributed by atoms with Crippen LogP contribution in [0.1, 0.15) is 36.4 Å². The fourth-order valence-corrected chi connectivity index (χ4v) is 3.18. The summed E-state index contributed by atoms with van der Waals surface area (Å²) in [5, 5.41) is 5.76. The number of rotatable bonds is 6. The molecule has 1 aliphatic carbocycles. The first-order valence-electron chi connectivity index (χ1n) is 7.52. The van der Waals surface area contributed by atoms with Crippen LogP contribution in [-0.4, -0.2) is 33.8 Å². The second-order valence-electron chi connectivity index (χ2n) is 5.56. The normalized spacial score (nSPS) is 17.6. The number of urea groups is 1. The van der Waals surface area contributed by atoms with Crippen molar-refractivity contribution in [3.05, 3.63) is 35.4 Å². The van der Waals surface area contributed by atoms with Crippen LogP contribution in [0, 0.1) is 0 Å². The molecule has 22 heavy (non-hydrogen) atoms. The number of nitrogens with one attached hydrogen (secondary N) is 3. The van der Waals surface area contributed by atoms with Gasteiger partial charge in [0.15, 0.2) is 0 Å². The highest BCUT2D eigenvalue weighted by molar-refractivity contribution is 7.88. The average Bonchev–Trinajstić information content (AvgIpc) is 2.46. The van der Waals surface area contributed by atoms with E-state index in [1.807, 2.05) is 12.1 Å². The molecule has 2 amide bonds. The summed E-state index contributed by atoms with van der Waals surface area (Å²) in [5.74, 6) is 0. The monoisotopic (exact) mass is 325 g/mol. The number of carbonyl (C=O) groups excluding carboxylic acids is 1. The Labute approximate surface area is 131 Å². The number of hydrogen-bond donors (Lipinski definition) is 3. The summed E-state index contributed by atoms with van der Waals surface area (Å²) in [6, 6.07) is 8.04. The molecule has 0 unspecified atom stereocenters. The number of hydrogen-bond acceptors (Lipinski definition) is 3. The standard InChI is InChI=1S/C15H23N3O3S/c1-22(20,21)17-11-5-10-16-15(19)18-14-9-4-7-12-6-2-3-8-13(12)14/h2-3,6,8,14,17H,4-5,7,9-11H2,1H3,(H2,16,18,19)/t14-/m0/s1. The Morgan fingerprint density at radius 1 is 1.27 bits per heavy atom. The zero-order chi connectivity index (χ0) is 16.0. The predicted octanol–water partition coefficient (Wildman–Crippen LogP) is 1.30. The lowest BCUT2D eigenvalue weighted by Gasteiger charge is -2.26. The Kier molecular flexibility index (Phi) is 5.79. The van der Waals surface area contributed by atoms with Crippen molar-refractivity contribution < 1.29 is 13.2 Å². The molecule has 3 N–H and O–H groups in total. The van der Waals surface area contributed by atoms with Crippen molar-refractivity contribution in [1.82, 2.24) is 15.4 Å². The van der Waals surface area contributed by atoms with Gasteiger partial charge in [-0.3, -0.25) is 0 Å². The van der Waals surface area contributed by atoms with Gasteiger partial charge in [0, 0.05) is 13.1 Å². The zero-order valence-corrected chi connectivity index (χ0v) is 13.6. The van der Waals surface area contributed by atoms with Gasteiger partial charge >= 0.3 is 6.03 Å². The van der Waals surface area contributed by atoms with Crippen molar-refractivity contribution in [2.24, 2.45) is 0 Å². The van der Waals surface area contributed by atoms with E-state index in [1.165, 1.54) is 11.1 Å². The van der Waals surface area contributed by atoms with Crippen molar-refractivity contribution in [3.63, 3.8) is 0 Å². The predicted molar refractivity (Wildman–Crippen MR) is 86.1 cm³/mol. The van der Waals surface area contributed by atoms with Crippen LogP contribution in [0.5, 0.6) is 0 Å². The van der Waals surface area contributed by atoms with Gasteiger partial charge in [-0.1, -0.05) is 24.3 Å². The molecule has 0 spiro atoms. The van der Waals surface area contributed by atoms with Crippen LogP contribution in [0.25, 0.3) is 0 Å². The van der Waals surface area contributed by atoms with Gasteiger partial charge in [-0.25, -0.2) is 17.9 Å². The SMILES string of the molecule is CS(=O)(=O)NCCCNC(=O)N[C@H]1CCCc2ccccc21. The van der Waals surface area contributed by atoms with Crippen LogP contribution in [0.3, 0.4) is 0 Å². The third kappa shape index (κ3) is 5.31. The van der Waals surface area contributed by atoms with Crippen LogP contribution in [0.2, 0.25) is 0 Å². The molecule has 0 saturated carbocycles. The molecule has 0 aromatic heterocycles. The molecule has 122 valence electrons. The summed E-state index contributed by atoms with van der Waals surface area (Å²) in [6.07, 6.45) is 4.75. The molecule has 6 nitrogen and oxygen atoms in total. The second-order valence-corrected chi connectivity index (χ2v) is 7.40. The largest absolute Gasteiger partial charge is 0.338 e. The van der Waals surface area contributed by atoms with E-state index in [2.05, 4.69) is 27.5 Å². The van der Waals surface area contributed by atoms with Crippen LogP contribution >= 0.6 is 0 Å². The quantitative estimate of drug-likeness (QED) is 0.689. The molecule has 0 saturated heterocycles. The Hall–Kier alpha value is -1.60. The molecule has 0 aliphatic heterocycles. The van der Waals surface area contributed by atoms with E-state index in [9.17, 15) is 13.2 Å². The molecule has 0 heterocycles. The Morgan fingerprint density at radius 2 is 2.05 bits per heavy atom. The number of sulfonamides is 1. The molecular weight excluding hydrogens is 302 g/mol. The number of carbonyl (C=O) groups is 1. The van der Waals surface area contributed by atoms with Gasteiger partial charge in [0.1, 0.15) is 0 Å². The third-order valence-corrected chi connectivity index (χ3v) is 4.41. The Bertz CT molecular complexity index is 616. The molecule has 0 radical (unpaired) electrons. The summed E-state index contributed by atoms with van der Waals surface area (Å²) in [5.41, 5.74) is 2.50. The summed E-state index contributed by atoms with van der Waals surface area (Å²) in [6.45, 7) is 0.758. The molecule has 0 bridgehead atoms. The number of benzene rings is 1. The van der Waals surface area contributed by atoms with Crippen molar-refractivity contribution in [1.29, 1.82) is 0 Å². The first-order valence-corrected chi connectivity index (χ1v) is 9.41. The minimum atomic E-state index is -3.16. The topological polar surface area (TPSA) is 87.3 Å². The van der Waals surface area contributed by atoms with E-state index in [1.54, 1.807) is 0 Å². The number of amides is 2. The summed E-state index contributed by atoms with van der Waals surface area (Å²) >= 11 is 0. The zero-order valence-electron chi connectivity index (χ0n) is 12.8. The molecule has 1 aliphatic rings. The Balaban J connectivity index is 1.74. The molecule has 0 fully saturated rings. The van der Waals surface area contributed by atoms with Gasteiger partial charge in [-0.15, -0.1) is 0 Å². The van der Waals surface area contributed by atoms with Gasteiger partial charge in [0.05, 0.1) is 12.3 Å². The maximum absolute atomic E-state index is 11.9. The molecular formula is C15H23N3O3S. The van der Waals surface area contributed by atoms with Gasteiger partial charge in [0.25, 0.3) is 0 Å². The molecule has 1 atom stereocenters. The van der Waals surface area contributed by atoms with Crippen molar-refractivity contribution in [2.45, 2.75) is 31.7 Å². The molecule has 1 aromatic carbocycles. The fraction of sp³-hybridized carbons (Fsp3) is 0.533. The van der Waals surface area contributed by atoms with Gasteiger partial charge < -0.3 is 10.6 Å². The van der Waals surface area contributed by atoms with Gasteiger partial charge in [-0.2, -0.15) is 0 Å². The lowest BCUT2D eigenvalue weighted by Crippen LogP contribution is -2.40. The Morgan fingerprint density at radius 3 is 2.82 bits per heavy atom. The van der Waals surface area contributed by atoms with E-state index in [4.69, 9.17) is 0 Å². The molecule has 1 aromatic rings. The van der Waals surface area contributed by atoms with E-state index in [0.29, 0.717) is 19.5 Å². The van der Waals surface area contributed by atoms with Crippen molar-refractivity contribution >= 4 is 16.1 Å². The highest BCUT2D eigenvalue weighted by atomic mass is 32.2. The minimum Gasteiger partial charge on any atom is -0.338 e. The fourth-order valence-electron chi connectivity index (χ4n) is 2.66. The maximum atomic E-state index is 11.9. The lowest BCUT2D eigenvalue weighted by molar-refractivity contribution is 0.235. The average molecular weight is 325 g/mol.